The molecule has 0 N–H and O–H groups in total. The maximum Gasteiger partial charge on any atom is 0.144 e. The lowest BCUT2D eigenvalue weighted by Crippen LogP contribution is -2.58. The zero-order chi connectivity index (χ0) is 15.3. The summed E-state index contributed by atoms with van der Waals surface area (Å²) in [5.41, 5.74) is 0. The van der Waals surface area contributed by atoms with Crippen molar-refractivity contribution in [3.63, 3.8) is 0 Å². The molecule has 0 aromatic heterocycles. The van der Waals surface area contributed by atoms with Crippen molar-refractivity contribution in [2.45, 2.75) is 65.3 Å². The van der Waals surface area contributed by atoms with Crippen molar-refractivity contribution < 1.29 is 14.3 Å². The highest BCUT2D eigenvalue weighted by molar-refractivity contribution is 5.86. The molecule has 1 aliphatic heterocycles. The summed E-state index contributed by atoms with van der Waals surface area (Å²) in [4.78, 5) is 13.1. The molecular formula is C18H30O3. The van der Waals surface area contributed by atoms with E-state index in [9.17, 15) is 4.79 Å². The Morgan fingerprint density at radius 3 is 2.38 bits per heavy atom. The molecule has 0 aromatic rings. The summed E-state index contributed by atoms with van der Waals surface area (Å²) in [6.45, 7) is 9.07. The zero-order valence-corrected chi connectivity index (χ0v) is 14.0. The first kappa shape index (κ1) is 15.5. The molecule has 3 rings (SSSR count). The summed E-state index contributed by atoms with van der Waals surface area (Å²) in [5, 5.41) is 0. The third-order valence-electron chi connectivity index (χ3n) is 6.77. The van der Waals surface area contributed by atoms with Gasteiger partial charge in [0.25, 0.3) is 0 Å². The fraction of sp³-hybridized carbons (Fsp3) is 0.944. The average Bonchev–Trinajstić information content (AvgIpc) is 2.45. The molecule has 1 saturated heterocycles. The molecule has 3 aliphatic rings. The van der Waals surface area contributed by atoms with Crippen molar-refractivity contribution in [1.82, 2.24) is 0 Å². The smallest absolute Gasteiger partial charge is 0.144 e. The van der Waals surface area contributed by atoms with Gasteiger partial charge in [-0.1, -0.05) is 27.7 Å². The van der Waals surface area contributed by atoms with Crippen molar-refractivity contribution in [3.05, 3.63) is 0 Å². The van der Waals surface area contributed by atoms with E-state index in [1.807, 2.05) is 0 Å². The zero-order valence-electron chi connectivity index (χ0n) is 14.0. The van der Waals surface area contributed by atoms with Crippen LogP contribution in [0.4, 0.5) is 0 Å². The van der Waals surface area contributed by atoms with Gasteiger partial charge in [-0.3, -0.25) is 4.79 Å². The minimum atomic E-state index is 0.0583. The van der Waals surface area contributed by atoms with Gasteiger partial charge in [-0.25, -0.2) is 0 Å². The highest BCUT2D eigenvalue weighted by Gasteiger charge is 2.54. The number of fused-ring (bicyclic) bond motifs is 2. The van der Waals surface area contributed by atoms with E-state index < -0.39 is 0 Å². The summed E-state index contributed by atoms with van der Waals surface area (Å²) in [6, 6.07) is 0. The maximum absolute atomic E-state index is 13.1. The Kier molecular flexibility index (Phi) is 4.17. The van der Waals surface area contributed by atoms with Crippen molar-refractivity contribution >= 4 is 5.78 Å². The van der Waals surface area contributed by atoms with Crippen LogP contribution in [0.3, 0.4) is 0 Å². The first-order valence-electron chi connectivity index (χ1n) is 8.66. The van der Waals surface area contributed by atoms with Gasteiger partial charge in [0, 0.05) is 18.9 Å². The molecule has 0 radical (unpaired) electrons. The largest absolute Gasteiger partial charge is 0.381 e. The third-order valence-corrected chi connectivity index (χ3v) is 6.77. The Morgan fingerprint density at radius 2 is 1.71 bits per heavy atom. The van der Waals surface area contributed by atoms with Crippen LogP contribution in [0, 0.1) is 35.5 Å². The third kappa shape index (κ3) is 2.46. The summed E-state index contributed by atoms with van der Waals surface area (Å²) in [7, 11) is 1.77. The maximum atomic E-state index is 13.1. The Bertz CT molecular complexity index is 407. The Hall–Kier alpha value is -0.410. The monoisotopic (exact) mass is 294 g/mol. The molecule has 3 nitrogen and oxygen atoms in total. The van der Waals surface area contributed by atoms with Gasteiger partial charge < -0.3 is 9.47 Å². The molecule has 0 spiro atoms. The lowest BCUT2D eigenvalue weighted by molar-refractivity contribution is -0.197. The molecule has 0 amide bonds. The molecule has 9 unspecified atom stereocenters. The Morgan fingerprint density at radius 1 is 1.00 bits per heavy atom. The summed E-state index contributed by atoms with van der Waals surface area (Å²) in [5.74, 6) is 2.75. The van der Waals surface area contributed by atoms with Crippen molar-refractivity contribution in [2.75, 3.05) is 7.11 Å². The fourth-order valence-electron chi connectivity index (χ4n) is 5.10. The predicted octanol–water partition coefficient (Wildman–Crippen LogP) is 3.31. The SMILES string of the molecule is COC1CC(C)C2OC3CC(C)C(C)C(C)C3C(=O)C2C1. The van der Waals surface area contributed by atoms with Gasteiger partial charge in [0.05, 0.1) is 18.3 Å². The number of Topliss-reactive ketones (excluding diaryl/α,β-unsaturated/α-hetero) is 1. The van der Waals surface area contributed by atoms with Gasteiger partial charge in [-0.15, -0.1) is 0 Å². The second-order valence-electron chi connectivity index (χ2n) is 7.91. The highest BCUT2D eigenvalue weighted by Crippen LogP contribution is 2.48. The molecule has 2 saturated carbocycles. The van der Waals surface area contributed by atoms with Crippen LogP contribution in [0.15, 0.2) is 0 Å². The lowest BCUT2D eigenvalue weighted by atomic mass is 9.60. The number of methoxy groups -OCH3 is 1. The van der Waals surface area contributed by atoms with Gasteiger partial charge in [0.2, 0.25) is 0 Å². The normalized spacial score (nSPS) is 54.0. The van der Waals surface area contributed by atoms with Gasteiger partial charge in [0.1, 0.15) is 5.78 Å². The molecule has 3 fully saturated rings. The van der Waals surface area contributed by atoms with E-state index in [4.69, 9.17) is 9.47 Å². The first-order chi connectivity index (χ1) is 9.93. The number of rotatable bonds is 1. The van der Waals surface area contributed by atoms with Crippen LogP contribution >= 0.6 is 0 Å². The van der Waals surface area contributed by atoms with Crippen molar-refractivity contribution in [3.8, 4) is 0 Å². The van der Waals surface area contributed by atoms with Crippen LogP contribution in [0.1, 0.15) is 47.0 Å². The second kappa shape index (κ2) is 5.66. The second-order valence-corrected chi connectivity index (χ2v) is 7.91. The van der Waals surface area contributed by atoms with Crippen LogP contribution in [-0.2, 0) is 14.3 Å². The van der Waals surface area contributed by atoms with Crippen LogP contribution in [-0.4, -0.2) is 31.2 Å². The summed E-state index contributed by atoms with van der Waals surface area (Å²) in [6.07, 6.45) is 3.42. The van der Waals surface area contributed by atoms with Gasteiger partial charge >= 0.3 is 0 Å². The van der Waals surface area contributed by atoms with Crippen LogP contribution in [0.5, 0.6) is 0 Å². The summed E-state index contributed by atoms with van der Waals surface area (Å²) >= 11 is 0. The summed E-state index contributed by atoms with van der Waals surface area (Å²) < 4.78 is 12.0. The van der Waals surface area contributed by atoms with E-state index in [0.717, 1.165) is 19.3 Å². The first-order valence-corrected chi connectivity index (χ1v) is 8.66. The number of hydrogen-bond acceptors (Lipinski definition) is 3. The van der Waals surface area contributed by atoms with E-state index in [1.54, 1.807) is 7.11 Å². The standard InChI is InChI=1S/C18H30O3/c1-9-7-15-16(12(4)11(9)3)17(19)14-8-13(20-5)6-10(2)18(14)21-15/h9-16,18H,6-8H2,1-5H3. The van der Waals surface area contributed by atoms with Crippen molar-refractivity contribution in [2.24, 2.45) is 35.5 Å². The molecule has 0 aromatic carbocycles. The minimum Gasteiger partial charge on any atom is -0.381 e. The molecular weight excluding hydrogens is 264 g/mol. The van der Waals surface area contributed by atoms with Crippen LogP contribution in [0.2, 0.25) is 0 Å². The molecule has 9 atom stereocenters. The van der Waals surface area contributed by atoms with E-state index in [0.29, 0.717) is 29.5 Å². The molecule has 120 valence electrons. The Balaban J connectivity index is 1.85. The number of carbonyl (C=O) groups is 1. The molecule has 21 heavy (non-hydrogen) atoms. The van der Waals surface area contributed by atoms with Gasteiger partial charge in [-0.2, -0.15) is 0 Å². The topological polar surface area (TPSA) is 35.5 Å². The number of carbonyl (C=O) groups excluding carboxylic acids is 1. The lowest BCUT2D eigenvalue weighted by Gasteiger charge is -2.52. The number of ether oxygens (including phenoxy) is 2. The van der Waals surface area contributed by atoms with E-state index in [1.165, 1.54) is 0 Å². The Labute approximate surface area is 128 Å². The van der Waals surface area contributed by atoms with Crippen molar-refractivity contribution in [1.29, 1.82) is 0 Å². The number of hydrogen-bond donors (Lipinski definition) is 0. The van der Waals surface area contributed by atoms with Gasteiger partial charge in [-0.05, 0) is 42.9 Å². The molecule has 3 heteroatoms. The highest BCUT2D eigenvalue weighted by atomic mass is 16.5. The average molecular weight is 294 g/mol. The number of ketones is 1. The fourth-order valence-corrected chi connectivity index (χ4v) is 5.10. The van der Waals surface area contributed by atoms with E-state index in [2.05, 4.69) is 27.7 Å². The van der Waals surface area contributed by atoms with E-state index >= 15 is 0 Å². The van der Waals surface area contributed by atoms with Crippen LogP contribution < -0.4 is 0 Å². The predicted molar refractivity (Wildman–Crippen MR) is 82.0 cm³/mol. The van der Waals surface area contributed by atoms with E-state index in [-0.39, 0.29) is 30.1 Å². The van der Waals surface area contributed by atoms with Crippen LogP contribution in [0.25, 0.3) is 0 Å². The van der Waals surface area contributed by atoms with Gasteiger partial charge in [0.15, 0.2) is 0 Å². The molecule has 0 bridgehead atoms. The quantitative estimate of drug-likeness (QED) is 0.744. The molecule has 2 aliphatic carbocycles. The molecule has 1 heterocycles. The minimum absolute atomic E-state index is 0.0583.